The fraction of sp³-hybridized carbons (Fsp3) is 1.00. The Hall–Kier alpha value is 1.01. The van der Waals surface area contributed by atoms with Gasteiger partial charge in [0.15, 0.2) is 0 Å². The summed E-state index contributed by atoms with van der Waals surface area (Å²) < 4.78 is 2.38. The van der Waals surface area contributed by atoms with E-state index in [0.717, 1.165) is 24.9 Å². The van der Waals surface area contributed by atoms with Crippen molar-refractivity contribution >= 4 is 32.5 Å². The summed E-state index contributed by atoms with van der Waals surface area (Å²) in [6.07, 6.45) is 0. The van der Waals surface area contributed by atoms with Crippen molar-refractivity contribution in [3.63, 3.8) is 0 Å². The Morgan fingerprint density at radius 2 is 1.50 bits per heavy atom. The van der Waals surface area contributed by atoms with Gasteiger partial charge in [0, 0.05) is 24.1 Å². The van der Waals surface area contributed by atoms with Crippen molar-refractivity contribution < 1.29 is 0 Å². The molecule has 1 nitrogen and oxygen atoms in total. The highest BCUT2D eigenvalue weighted by Gasteiger charge is 2.09. The van der Waals surface area contributed by atoms with E-state index in [1.807, 2.05) is 0 Å². The smallest absolute Gasteiger partial charge is 0.0121 e. The first-order valence-corrected chi connectivity index (χ1v) is 7.45. The van der Waals surface area contributed by atoms with Gasteiger partial charge in [-0.2, -0.15) is 0 Å². The maximum absolute atomic E-state index is 4.14. The van der Waals surface area contributed by atoms with Crippen LogP contribution in [0.15, 0.2) is 0 Å². The van der Waals surface area contributed by atoms with Crippen LogP contribution < -0.4 is 0 Å². The highest BCUT2D eigenvalue weighted by Crippen LogP contribution is 2.30. The van der Waals surface area contributed by atoms with Crippen LogP contribution in [0.2, 0.25) is 0 Å². The van der Waals surface area contributed by atoms with Crippen LogP contribution in [0.1, 0.15) is 27.7 Å². The SMILES string of the molecule is CC(C)CN(CC(C)C)SSS. The van der Waals surface area contributed by atoms with Gasteiger partial charge in [0.2, 0.25) is 0 Å². The summed E-state index contributed by atoms with van der Waals surface area (Å²) in [5.41, 5.74) is 0. The highest BCUT2D eigenvalue weighted by molar-refractivity contribution is 9.04. The zero-order valence-electron chi connectivity index (χ0n) is 8.28. The van der Waals surface area contributed by atoms with Gasteiger partial charge in [0.05, 0.1) is 0 Å². The fourth-order valence-corrected chi connectivity index (χ4v) is 3.31. The Balaban J connectivity index is 3.69. The molecular formula is C8H19NS3. The lowest BCUT2D eigenvalue weighted by molar-refractivity contribution is 0.367. The maximum Gasteiger partial charge on any atom is 0.0121 e. The molecule has 0 rings (SSSR count). The van der Waals surface area contributed by atoms with E-state index >= 15 is 0 Å². The molecule has 0 fully saturated rings. The molecule has 0 aromatic heterocycles. The van der Waals surface area contributed by atoms with E-state index in [1.165, 1.54) is 9.83 Å². The summed E-state index contributed by atoms with van der Waals surface area (Å²) in [5.74, 6) is 1.47. The second-order valence-electron chi connectivity index (χ2n) is 3.78. The number of hydrogen-bond donors (Lipinski definition) is 1. The van der Waals surface area contributed by atoms with Gasteiger partial charge in [-0.15, -0.1) is 0 Å². The van der Waals surface area contributed by atoms with Crippen LogP contribution in [-0.2, 0) is 0 Å². The molecule has 4 heteroatoms. The van der Waals surface area contributed by atoms with Crippen molar-refractivity contribution in [3.8, 4) is 0 Å². The Bertz CT molecular complexity index is 96.5. The van der Waals surface area contributed by atoms with Crippen molar-refractivity contribution in [1.29, 1.82) is 0 Å². The predicted molar refractivity (Wildman–Crippen MR) is 65.4 cm³/mol. The number of thiol groups is 1. The Morgan fingerprint density at radius 1 is 1.08 bits per heavy atom. The predicted octanol–water partition coefficient (Wildman–Crippen LogP) is 3.74. The second-order valence-corrected chi connectivity index (χ2v) is 6.83. The molecule has 0 aromatic carbocycles. The van der Waals surface area contributed by atoms with Crippen molar-refractivity contribution in [3.05, 3.63) is 0 Å². The zero-order valence-corrected chi connectivity index (χ0v) is 10.8. The van der Waals surface area contributed by atoms with E-state index in [9.17, 15) is 0 Å². The van der Waals surface area contributed by atoms with Crippen molar-refractivity contribution in [2.45, 2.75) is 27.7 Å². The molecule has 0 radical (unpaired) electrons. The monoisotopic (exact) mass is 225 g/mol. The molecular weight excluding hydrogens is 206 g/mol. The average molecular weight is 225 g/mol. The van der Waals surface area contributed by atoms with Gasteiger partial charge >= 0.3 is 0 Å². The standard InChI is InChI=1S/C8H19NS3/c1-7(2)5-9(11-12-10)6-8(3)4/h7-8,10H,5-6H2,1-4H3. The largest absolute Gasteiger partial charge is 0.240 e. The van der Waals surface area contributed by atoms with E-state index in [2.05, 4.69) is 43.7 Å². The van der Waals surface area contributed by atoms with E-state index in [-0.39, 0.29) is 0 Å². The third-order valence-electron chi connectivity index (χ3n) is 1.28. The van der Waals surface area contributed by atoms with E-state index in [1.54, 1.807) is 11.0 Å². The molecule has 0 atom stereocenters. The molecule has 74 valence electrons. The minimum Gasteiger partial charge on any atom is -0.240 e. The minimum atomic E-state index is 0.733. The van der Waals surface area contributed by atoms with Gasteiger partial charge in [0.25, 0.3) is 0 Å². The van der Waals surface area contributed by atoms with Crippen molar-refractivity contribution in [2.24, 2.45) is 11.8 Å². The van der Waals surface area contributed by atoms with Crippen LogP contribution in [0.4, 0.5) is 0 Å². The van der Waals surface area contributed by atoms with Crippen LogP contribution in [0, 0.1) is 11.8 Å². The zero-order chi connectivity index (χ0) is 9.56. The van der Waals surface area contributed by atoms with Crippen LogP contribution in [0.5, 0.6) is 0 Å². The normalized spacial score (nSPS) is 12.0. The molecule has 12 heavy (non-hydrogen) atoms. The first-order valence-electron chi connectivity index (χ1n) is 4.29. The third-order valence-corrected chi connectivity index (χ3v) is 3.28. The van der Waals surface area contributed by atoms with Gasteiger partial charge in [-0.1, -0.05) is 39.4 Å². The average Bonchev–Trinajstić information content (AvgIpc) is 1.84. The summed E-state index contributed by atoms with van der Waals surface area (Å²) in [5, 5.41) is 0. The molecule has 0 aromatic rings. The first-order chi connectivity index (χ1) is 5.56. The third kappa shape index (κ3) is 7.65. The maximum atomic E-state index is 4.14. The Morgan fingerprint density at radius 3 is 1.75 bits per heavy atom. The lowest BCUT2D eigenvalue weighted by Gasteiger charge is -2.22. The highest BCUT2D eigenvalue weighted by atomic mass is 33.5. The van der Waals surface area contributed by atoms with Gasteiger partial charge in [0.1, 0.15) is 0 Å². The second kappa shape index (κ2) is 7.42. The minimum absolute atomic E-state index is 0.733. The molecule has 0 amide bonds. The van der Waals surface area contributed by atoms with Crippen LogP contribution in [0.25, 0.3) is 0 Å². The van der Waals surface area contributed by atoms with Crippen LogP contribution in [-0.4, -0.2) is 17.4 Å². The van der Waals surface area contributed by atoms with Crippen molar-refractivity contribution in [2.75, 3.05) is 13.1 Å². The van der Waals surface area contributed by atoms with Crippen LogP contribution >= 0.6 is 32.5 Å². The van der Waals surface area contributed by atoms with Gasteiger partial charge in [-0.3, -0.25) is 0 Å². The van der Waals surface area contributed by atoms with E-state index < -0.39 is 0 Å². The summed E-state index contributed by atoms with van der Waals surface area (Å²) in [6.45, 7) is 11.3. The molecule has 0 N–H and O–H groups in total. The molecule has 0 aliphatic rings. The summed E-state index contributed by atoms with van der Waals surface area (Å²) in [7, 11) is 3.28. The number of rotatable bonds is 6. The number of nitrogens with zero attached hydrogens (tertiary/aromatic N) is 1. The summed E-state index contributed by atoms with van der Waals surface area (Å²) in [4.78, 5) is 0. The fourth-order valence-electron chi connectivity index (χ4n) is 0.997. The molecule has 0 heterocycles. The lowest BCUT2D eigenvalue weighted by Crippen LogP contribution is -2.24. The molecule has 0 saturated heterocycles. The lowest BCUT2D eigenvalue weighted by atomic mass is 10.2. The van der Waals surface area contributed by atoms with Gasteiger partial charge < -0.3 is 0 Å². The topological polar surface area (TPSA) is 3.24 Å². The van der Waals surface area contributed by atoms with E-state index in [4.69, 9.17) is 0 Å². The molecule has 0 aliphatic heterocycles. The molecule has 0 spiro atoms. The summed E-state index contributed by atoms with van der Waals surface area (Å²) in [6, 6.07) is 0. The van der Waals surface area contributed by atoms with Gasteiger partial charge in [-0.25, -0.2) is 4.31 Å². The first kappa shape index (κ1) is 13.0. The molecule has 0 saturated carbocycles. The quantitative estimate of drug-likeness (QED) is 0.417. The molecule has 0 bridgehead atoms. The Labute approximate surface area is 89.4 Å². The van der Waals surface area contributed by atoms with E-state index in [0.29, 0.717) is 0 Å². The number of hydrogen-bond acceptors (Lipinski definition) is 4. The van der Waals surface area contributed by atoms with Crippen molar-refractivity contribution in [1.82, 2.24) is 4.31 Å². The van der Waals surface area contributed by atoms with Crippen LogP contribution in [0.3, 0.4) is 0 Å². The summed E-state index contributed by atoms with van der Waals surface area (Å²) >= 11 is 4.14. The van der Waals surface area contributed by atoms with Gasteiger partial charge in [-0.05, 0) is 21.7 Å². The molecule has 0 aliphatic carbocycles. The molecule has 0 unspecified atom stereocenters. The Kier molecular flexibility index (Phi) is 8.04.